The van der Waals surface area contributed by atoms with Crippen molar-refractivity contribution < 1.29 is 16.8 Å². The van der Waals surface area contributed by atoms with Crippen molar-refractivity contribution in [2.45, 2.75) is 39.0 Å². The monoisotopic (exact) mass is 429 g/mol. The molecule has 5 aromatic rings. The zero-order chi connectivity index (χ0) is 20.5. The molecule has 0 spiro atoms. The molecule has 0 unspecified atom stereocenters. The lowest BCUT2D eigenvalue weighted by atomic mass is 9.86. The van der Waals surface area contributed by atoms with Crippen LogP contribution in [-0.4, -0.2) is 17.5 Å². The van der Waals surface area contributed by atoms with Gasteiger partial charge in [-0.2, -0.15) is 8.80 Å². The molecule has 0 atom stereocenters. The third-order valence-corrected chi connectivity index (χ3v) is 6.72. The molecule has 1 aliphatic heterocycles. The summed E-state index contributed by atoms with van der Waals surface area (Å²) in [4.78, 5) is 2.50. The van der Waals surface area contributed by atoms with Gasteiger partial charge in [0.1, 0.15) is 17.2 Å². The fourth-order valence-electron chi connectivity index (χ4n) is 4.99. The van der Waals surface area contributed by atoms with Crippen LogP contribution in [0.4, 0.5) is 5.69 Å². The van der Waals surface area contributed by atoms with Gasteiger partial charge in [0, 0.05) is 35.6 Å². The van der Waals surface area contributed by atoms with Gasteiger partial charge in [0.25, 0.3) is 5.65 Å². The van der Waals surface area contributed by atoms with Gasteiger partial charge in [0.05, 0.1) is 0 Å². The van der Waals surface area contributed by atoms with Crippen molar-refractivity contribution in [3.05, 3.63) is 72.4 Å². The van der Waals surface area contributed by atoms with Crippen LogP contribution in [-0.2, 0) is 5.41 Å². The minimum Gasteiger partial charge on any atom is -1.00 e. The lowest BCUT2D eigenvalue weighted by Crippen LogP contribution is -3.00. The Labute approximate surface area is 189 Å². The SMILES string of the molecule is CC(C)(C)c1ccc2c(ccc3c[n+]4c5ccc(N6CCCC6)cc5ccc4n32)c1.[Cl-]. The van der Waals surface area contributed by atoms with E-state index in [1.807, 2.05) is 0 Å². The first-order valence-corrected chi connectivity index (χ1v) is 11.1. The summed E-state index contributed by atoms with van der Waals surface area (Å²) in [6.07, 6.45) is 4.88. The molecule has 3 aromatic heterocycles. The molecule has 0 N–H and O–H groups in total. The van der Waals surface area contributed by atoms with Crippen LogP contribution in [0.1, 0.15) is 39.2 Å². The van der Waals surface area contributed by atoms with Gasteiger partial charge in [-0.25, -0.2) is 0 Å². The molecular formula is C27H28ClN3. The number of nitrogens with zero attached hydrogens (tertiary/aromatic N) is 3. The van der Waals surface area contributed by atoms with Crippen molar-refractivity contribution >= 4 is 38.7 Å². The number of benzene rings is 2. The van der Waals surface area contributed by atoms with Crippen LogP contribution in [0.5, 0.6) is 0 Å². The van der Waals surface area contributed by atoms with E-state index in [2.05, 4.69) is 101 Å². The van der Waals surface area contributed by atoms with E-state index in [1.54, 1.807) is 0 Å². The first-order valence-electron chi connectivity index (χ1n) is 11.1. The largest absolute Gasteiger partial charge is 1.00 e. The first kappa shape index (κ1) is 20.1. The zero-order valence-electron chi connectivity index (χ0n) is 18.4. The van der Waals surface area contributed by atoms with Gasteiger partial charge in [0.2, 0.25) is 0 Å². The van der Waals surface area contributed by atoms with Crippen LogP contribution in [0.15, 0.2) is 66.9 Å². The number of hydrogen-bond donors (Lipinski definition) is 0. The first-order chi connectivity index (χ1) is 14.5. The molecule has 0 aliphatic carbocycles. The topological polar surface area (TPSA) is 11.8 Å². The van der Waals surface area contributed by atoms with E-state index in [-0.39, 0.29) is 17.8 Å². The standard InChI is InChI=1S/C27H28N3.ClH/c1-27(2,3)21-8-11-25-19(16-21)6-9-23-18-29-24-12-10-22(28-14-4-5-15-28)17-20(24)7-13-26(29)30(23)25;/h6-13,16-18H,4-5,14-15H2,1-3H3;1H/q+1;/p-1. The fourth-order valence-corrected chi connectivity index (χ4v) is 4.99. The molecule has 1 aliphatic rings. The molecule has 1 fully saturated rings. The summed E-state index contributed by atoms with van der Waals surface area (Å²) in [6.45, 7) is 9.18. The number of aromatic nitrogens is 2. The average Bonchev–Trinajstić information content (AvgIpc) is 3.40. The number of fused-ring (bicyclic) bond motifs is 7. The minimum atomic E-state index is 0. The molecule has 4 heterocycles. The van der Waals surface area contributed by atoms with E-state index in [9.17, 15) is 0 Å². The second-order valence-corrected chi connectivity index (χ2v) is 9.75. The smallest absolute Gasteiger partial charge is 0.292 e. The average molecular weight is 430 g/mol. The number of imidazole rings is 1. The highest BCUT2D eigenvalue weighted by molar-refractivity contribution is 5.87. The Balaban J connectivity index is 0.00000204. The molecule has 0 radical (unpaired) electrons. The number of hydrogen-bond acceptors (Lipinski definition) is 1. The molecule has 158 valence electrons. The number of anilines is 1. The molecule has 2 aromatic carbocycles. The number of rotatable bonds is 1. The summed E-state index contributed by atoms with van der Waals surface area (Å²) in [5, 5.41) is 2.59. The zero-order valence-corrected chi connectivity index (χ0v) is 19.2. The van der Waals surface area contributed by atoms with Gasteiger partial charge in [-0.05, 0) is 72.4 Å². The molecule has 1 saturated heterocycles. The van der Waals surface area contributed by atoms with Gasteiger partial charge in [0.15, 0.2) is 5.52 Å². The summed E-state index contributed by atoms with van der Waals surface area (Å²) >= 11 is 0. The number of pyridine rings is 2. The van der Waals surface area contributed by atoms with Crippen LogP contribution in [0.2, 0.25) is 0 Å². The third kappa shape index (κ3) is 3.14. The van der Waals surface area contributed by atoms with Crippen molar-refractivity contribution in [1.29, 1.82) is 0 Å². The highest BCUT2D eigenvalue weighted by Gasteiger charge is 2.20. The highest BCUT2D eigenvalue weighted by atomic mass is 35.5. The fraction of sp³-hybridized carbons (Fsp3) is 0.296. The molecule has 3 nitrogen and oxygen atoms in total. The van der Waals surface area contributed by atoms with Gasteiger partial charge in [-0.3, -0.25) is 0 Å². The third-order valence-electron chi connectivity index (χ3n) is 6.72. The van der Waals surface area contributed by atoms with E-state index >= 15 is 0 Å². The van der Waals surface area contributed by atoms with Crippen LogP contribution in [0.3, 0.4) is 0 Å². The number of halogens is 1. The molecule has 0 bridgehead atoms. The van der Waals surface area contributed by atoms with Crippen LogP contribution < -0.4 is 21.7 Å². The summed E-state index contributed by atoms with van der Waals surface area (Å²) in [5.74, 6) is 0. The Morgan fingerprint density at radius 1 is 0.806 bits per heavy atom. The van der Waals surface area contributed by atoms with Crippen molar-refractivity contribution in [1.82, 2.24) is 4.40 Å². The molecule has 6 rings (SSSR count). The van der Waals surface area contributed by atoms with E-state index in [1.165, 1.54) is 70.2 Å². The normalized spacial score (nSPS) is 14.7. The van der Waals surface area contributed by atoms with Gasteiger partial charge < -0.3 is 17.3 Å². The van der Waals surface area contributed by atoms with Crippen molar-refractivity contribution in [3.8, 4) is 0 Å². The van der Waals surface area contributed by atoms with Crippen LogP contribution in [0.25, 0.3) is 33.0 Å². The molecule has 0 amide bonds. The minimum absolute atomic E-state index is 0. The van der Waals surface area contributed by atoms with Crippen LogP contribution >= 0.6 is 0 Å². The van der Waals surface area contributed by atoms with Gasteiger partial charge >= 0.3 is 0 Å². The summed E-state index contributed by atoms with van der Waals surface area (Å²) in [6, 6.07) is 22.9. The summed E-state index contributed by atoms with van der Waals surface area (Å²) in [5.41, 5.74) is 7.83. The molecular weight excluding hydrogens is 402 g/mol. The Morgan fingerprint density at radius 3 is 2.35 bits per heavy atom. The quantitative estimate of drug-likeness (QED) is 0.373. The maximum absolute atomic E-state index is 2.50. The summed E-state index contributed by atoms with van der Waals surface area (Å²) < 4.78 is 4.73. The van der Waals surface area contributed by atoms with E-state index in [0.29, 0.717) is 0 Å². The Morgan fingerprint density at radius 2 is 1.58 bits per heavy atom. The van der Waals surface area contributed by atoms with E-state index in [4.69, 9.17) is 0 Å². The van der Waals surface area contributed by atoms with Crippen molar-refractivity contribution in [2.75, 3.05) is 18.0 Å². The predicted octanol–water partition coefficient (Wildman–Crippen LogP) is 2.89. The second kappa shape index (κ2) is 7.13. The highest BCUT2D eigenvalue weighted by Crippen LogP contribution is 2.29. The van der Waals surface area contributed by atoms with Gasteiger partial charge in [-0.15, -0.1) is 0 Å². The predicted molar refractivity (Wildman–Crippen MR) is 126 cm³/mol. The second-order valence-electron chi connectivity index (χ2n) is 9.75. The maximum atomic E-state index is 2.50. The van der Waals surface area contributed by atoms with Crippen molar-refractivity contribution in [3.63, 3.8) is 0 Å². The lowest BCUT2D eigenvalue weighted by Gasteiger charge is -2.19. The molecule has 4 heteroatoms. The Hall–Kier alpha value is -2.78. The lowest BCUT2D eigenvalue weighted by molar-refractivity contribution is -0.479. The summed E-state index contributed by atoms with van der Waals surface area (Å²) in [7, 11) is 0. The molecule has 0 saturated carbocycles. The Bertz CT molecular complexity index is 1440. The van der Waals surface area contributed by atoms with Crippen molar-refractivity contribution in [2.24, 2.45) is 0 Å². The van der Waals surface area contributed by atoms with E-state index < -0.39 is 0 Å². The Kier molecular flexibility index (Phi) is 4.63. The van der Waals surface area contributed by atoms with Gasteiger partial charge in [-0.1, -0.05) is 26.8 Å². The van der Waals surface area contributed by atoms with Crippen LogP contribution in [0, 0.1) is 0 Å². The molecule has 31 heavy (non-hydrogen) atoms. The van der Waals surface area contributed by atoms with E-state index in [0.717, 1.165) is 0 Å². The maximum Gasteiger partial charge on any atom is 0.292 e.